The molecule has 176 valence electrons. The molecule has 0 saturated carbocycles. The number of rotatable bonds is 6. The van der Waals surface area contributed by atoms with Gasteiger partial charge in [0.25, 0.3) is 11.8 Å². The summed E-state index contributed by atoms with van der Waals surface area (Å²) in [5.74, 6) is -1.55. The van der Waals surface area contributed by atoms with E-state index < -0.39 is 40.5 Å². The van der Waals surface area contributed by atoms with E-state index in [1.165, 1.54) is 38.2 Å². The maximum Gasteiger partial charge on any atom is 0.338 e. The number of hydrogen-bond donors (Lipinski definition) is 1. The molecule has 3 rings (SSSR count). The fourth-order valence-electron chi connectivity index (χ4n) is 3.08. The molecule has 2 aromatic carbocycles. The van der Waals surface area contributed by atoms with Gasteiger partial charge in [-0.2, -0.15) is 0 Å². The number of carbonyl (C=O) groups excluding carboxylic acids is 3. The van der Waals surface area contributed by atoms with Gasteiger partial charge in [0.2, 0.25) is 10.0 Å². The molecule has 1 aliphatic heterocycles. The van der Waals surface area contributed by atoms with E-state index in [0.29, 0.717) is 11.4 Å². The zero-order valence-corrected chi connectivity index (χ0v) is 19.6. The third-order valence-corrected chi connectivity index (χ3v) is 7.16. The first-order valence-electron chi connectivity index (χ1n) is 9.73. The lowest BCUT2D eigenvalue weighted by Crippen LogP contribution is -2.51. The summed E-state index contributed by atoms with van der Waals surface area (Å²) < 4.78 is 36.6. The second-order valence-electron chi connectivity index (χ2n) is 7.20. The molecular weight excluding hydrogens is 474 g/mol. The van der Waals surface area contributed by atoms with Gasteiger partial charge in [-0.25, -0.2) is 17.5 Å². The quantitative estimate of drug-likeness (QED) is 0.599. The van der Waals surface area contributed by atoms with Crippen LogP contribution in [0.15, 0.2) is 47.4 Å². The summed E-state index contributed by atoms with van der Waals surface area (Å²) in [5, 5.41) is 2.42. The number of fused-ring (bicyclic) bond motifs is 1. The topological polar surface area (TPSA) is 122 Å². The summed E-state index contributed by atoms with van der Waals surface area (Å²) in [6.07, 6.45) is -0.931. The number of anilines is 1. The van der Waals surface area contributed by atoms with Gasteiger partial charge >= 0.3 is 5.97 Å². The highest BCUT2D eigenvalue weighted by Crippen LogP contribution is 2.33. The molecule has 1 heterocycles. The molecule has 12 heteroatoms. The average molecular weight is 496 g/mol. The molecular formula is C21H22ClN3O7S. The number of nitrogens with zero attached hydrogens (tertiary/aromatic N) is 2. The van der Waals surface area contributed by atoms with Gasteiger partial charge in [0, 0.05) is 21.1 Å². The Labute approximate surface area is 196 Å². The molecule has 2 amide bonds. The second-order valence-corrected chi connectivity index (χ2v) is 9.73. The van der Waals surface area contributed by atoms with E-state index in [4.69, 9.17) is 21.1 Å². The monoisotopic (exact) mass is 495 g/mol. The number of para-hydroxylation sites is 2. The number of sulfonamides is 1. The van der Waals surface area contributed by atoms with E-state index in [1.807, 2.05) is 0 Å². The SMILES string of the molecule is CNC(=O)C1CN(C(=O)COC(=O)c2ccc(Cl)c(S(=O)(=O)N(C)C)c2)c2ccccc2O1. The van der Waals surface area contributed by atoms with Gasteiger partial charge in [-0.1, -0.05) is 23.7 Å². The smallest absolute Gasteiger partial charge is 0.338 e. The molecule has 0 spiro atoms. The Kier molecular flexibility index (Phi) is 7.25. The molecule has 0 fully saturated rings. The van der Waals surface area contributed by atoms with Gasteiger partial charge in [0.05, 0.1) is 22.8 Å². The number of esters is 1. The van der Waals surface area contributed by atoms with Crippen molar-refractivity contribution in [2.45, 2.75) is 11.0 Å². The first-order chi connectivity index (χ1) is 15.6. The lowest BCUT2D eigenvalue weighted by molar-refractivity contribution is -0.128. The average Bonchev–Trinajstić information content (AvgIpc) is 2.80. The molecule has 0 aromatic heterocycles. The van der Waals surface area contributed by atoms with Crippen molar-refractivity contribution < 1.29 is 32.3 Å². The third kappa shape index (κ3) is 5.10. The zero-order chi connectivity index (χ0) is 24.3. The Balaban J connectivity index is 1.77. The fourth-order valence-corrected chi connectivity index (χ4v) is 4.48. The number of benzene rings is 2. The lowest BCUT2D eigenvalue weighted by Gasteiger charge is -2.33. The Hall–Kier alpha value is -3.15. The minimum atomic E-state index is -3.90. The molecule has 1 unspecified atom stereocenters. The van der Waals surface area contributed by atoms with Crippen molar-refractivity contribution in [1.82, 2.24) is 9.62 Å². The molecule has 1 atom stereocenters. The highest BCUT2D eigenvalue weighted by Gasteiger charge is 2.33. The molecule has 1 N–H and O–H groups in total. The molecule has 0 saturated heterocycles. The predicted octanol–water partition coefficient (Wildman–Crippen LogP) is 1.29. The normalized spacial score (nSPS) is 15.4. The number of hydrogen-bond acceptors (Lipinski definition) is 7. The Morgan fingerprint density at radius 3 is 2.58 bits per heavy atom. The molecule has 0 radical (unpaired) electrons. The van der Waals surface area contributed by atoms with Crippen molar-refractivity contribution in [3.05, 3.63) is 53.1 Å². The predicted molar refractivity (Wildman–Crippen MR) is 120 cm³/mol. The van der Waals surface area contributed by atoms with Crippen LogP contribution in [-0.2, 0) is 24.3 Å². The highest BCUT2D eigenvalue weighted by molar-refractivity contribution is 7.89. The number of carbonyl (C=O) groups is 3. The van der Waals surface area contributed by atoms with Crippen molar-refractivity contribution in [1.29, 1.82) is 0 Å². The maximum absolute atomic E-state index is 12.9. The van der Waals surface area contributed by atoms with Crippen LogP contribution in [0, 0.1) is 0 Å². The van der Waals surface area contributed by atoms with Crippen LogP contribution < -0.4 is 15.0 Å². The van der Waals surface area contributed by atoms with Crippen LogP contribution in [0.5, 0.6) is 5.75 Å². The van der Waals surface area contributed by atoms with Crippen molar-refractivity contribution in [3.8, 4) is 5.75 Å². The summed E-state index contributed by atoms with van der Waals surface area (Å²) in [4.78, 5) is 38.5. The summed E-state index contributed by atoms with van der Waals surface area (Å²) in [6.45, 7) is -0.703. The van der Waals surface area contributed by atoms with E-state index >= 15 is 0 Å². The van der Waals surface area contributed by atoms with E-state index in [2.05, 4.69) is 5.32 Å². The summed E-state index contributed by atoms with van der Waals surface area (Å²) in [6, 6.07) is 10.3. The zero-order valence-electron chi connectivity index (χ0n) is 18.1. The van der Waals surface area contributed by atoms with Crippen LogP contribution in [0.1, 0.15) is 10.4 Å². The summed E-state index contributed by atoms with van der Waals surface area (Å²) >= 11 is 5.99. The maximum atomic E-state index is 12.9. The van der Waals surface area contributed by atoms with Crippen LogP contribution in [0.25, 0.3) is 0 Å². The third-order valence-electron chi connectivity index (χ3n) is 4.87. The minimum Gasteiger partial charge on any atom is -0.477 e. The number of ether oxygens (including phenoxy) is 2. The van der Waals surface area contributed by atoms with Gasteiger partial charge in [-0.15, -0.1) is 0 Å². The van der Waals surface area contributed by atoms with Gasteiger partial charge in [-0.05, 0) is 30.3 Å². The van der Waals surface area contributed by atoms with Gasteiger partial charge in [-0.3, -0.25) is 9.59 Å². The van der Waals surface area contributed by atoms with Crippen LogP contribution in [0.4, 0.5) is 5.69 Å². The number of halogens is 1. The Bertz CT molecular complexity index is 1200. The van der Waals surface area contributed by atoms with Crippen molar-refractivity contribution in [2.75, 3.05) is 39.2 Å². The van der Waals surface area contributed by atoms with Gasteiger partial charge < -0.3 is 19.7 Å². The van der Waals surface area contributed by atoms with E-state index in [0.717, 1.165) is 10.4 Å². The van der Waals surface area contributed by atoms with Crippen LogP contribution >= 0.6 is 11.6 Å². The highest BCUT2D eigenvalue weighted by atomic mass is 35.5. The van der Waals surface area contributed by atoms with Crippen molar-refractivity contribution in [3.63, 3.8) is 0 Å². The number of nitrogens with one attached hydrogen (secondary N) is 1. The van der Waals surface area contributed by atoms with Crippen LogP contribution in [-0.4, -0.2) is 70.9 Å². The minimum absolute atomic E-state index is 0.0542. The Morgan fingerprint density at radius 1 is 1.21 bits per heavy atom. The Morgan fingerprint density at radius 2 is 1.91 bits per heavy atom. The largest absolute Gasteiger partial charge is 0.477 e. The van der Waals surface area contributed by atoms with E-state index in [1.54, 1.807) is 24.3 Å². The van der Waals surface area contributed by atoms with Crippen LogP contribution in [0.3, 0.4) is 0 Å². The summed E-state index contributed by atoms with van der Waals surface area (Å²) in [7, 11) is 0.230. The molecule has 1 aliphatic rings. The summed E-state index contributed by atoms with van der Waals surface area (Å²) in [5.41, 5.74) is 0.350. The molecule has 0 aliphatic carbocycles. The first kappa shape index (κ1) is 24.5. The van der Waals surface area contributed by atoms with E-state index in [9.17, 15) is 22.8 Å². The standard InChI is InChI=1S/C21H22ClN3O7S/c1-23-20(27)17-11-25(15-6-4-5-7-16(15)32-17)19(26)12-31-21(28)13-8-9-14(22)18(10-13)33(29,30)24(2)3/h4-10,17H,11-12H2,1-3H3,(H,23,27). The van der Waals surface area contributed by atoms with Crippen molar-refractivity contribution >= 4 is 45.1 Å². The second kappa shape index (κ2) is 9.77. The molecule has 33 heavy (non-hydrogen) atoms. The van der Waals surface area contributed by atoms with Crippen molar-refractivity contribution in [2.24, 2.45) is 0 Å². The number of likely N-dealkylation sites (N-methyl/N-ethyl adjacent to an activating group) is 1. The van der Waals surface area contributed by atoms with Gasteiger partial charge in [0.1, 0.15) is 10.6 Å². The molecule has 10 nitrogen and oxygen atoms in total. The van der Waals surface area contributed by atoms with Gasteiger partial charge in [0.15, 0.2) is 12.7 Å². The fraction of sp³-hybridized carbons (Fsp3) is 0.286. The number of amides is 2. The molecule has 0 bridgehead atoms. The first-order valence-corrected chi connectivity index (χ1v) is 11.5. The van der Waals surface area contributed by atoms with Crippen LogP contribution in [0.2, 0.25) is 5.02 Å². The van der Waals surface area contributed by atoms with E-state index in [-0.39, 0.29) is 22.0 Å². The molecule has 2 aromatic rings. The lowest BCUT2D eigenvalue weighted by atomic mass is 10.1.